The lowest BCUT2D eigenvalue weighted by Gasteiger charge is -2.27. The van der Waals surface area contributed by atoms with E-state index in [9.17, 15) is 4.79 Å². The normalized spacial score (nSPS) is 10.7. The second kappa shape index (κ2) is 5.82. The minimum atomic E-state index is -0.00511. The molecule has 1 amide bonds. The van der Waals surface area contributed by atoms with Crippen LogP contribution >= 0.6 is 0 Å². The standard InChI is InChI=1S/C14H21NO2/c1-10(2)15(8-9-16)14(17)13-11(3)6-5-7-12(13)4/h5-7,10,16H,8-9H2,1-4H3. The summed E-state index contributed by atoms with van der Waals surface area (Å²) < 4.78 is 0. The van der Waals surface area contributed by atoms with Gasteiger partial charge in [0.15, 0.2) is 0 Å². The molecule has 0 unspecified atom stereocenters. The molecule has 1 N–H and O–H groups in total. The summed E-state index contributed by atoms with van der Waals surface area (Å²) in [5.41, 5.74) is 2.73. The zero-order chi connectivity index (χ0) is 13.0. The van der Waals surface area contributed by atoms with Crippen LogP contribution in [0, 0.1) is 13.8 Å². The second-order valence-electron chi connectivity index (χ2n) is 4.58. The molecule has 0 heterocycles. The van der Waals surface area contributed by atoms with Gasteiger partial charge in [-0.3, -0.25) is 4.79 Å². The molecule has 0 aliphatic heterocycles. The highest BCUT2D eigenvalue weighted by Gasteiger charge is 2.21. The van der Waals surface area contributed by atoms with E-state index >= 15 is 0 Å². The van der Waals surface area contributed by atoms with Gasteiger partial charge in [-0.25, -0.2) is 0 Å². The topological polar surface area (TPSA) is 40.5 Å². The average Bonchev–Trinajstić information content (AvgIpc) is 2.24. The second-order valence-corrected chi connectivity index (χ2v) is 4.58. The van der Waals surface area contributed by atoms with Crippen molar-refractivity contribution >= 4 is 5.91 Å². The lowest BCUT2D eigenvalue weighted by Crippen LogP contribution is -2.39. The van der Waals surface area contributed by atoms with Gasteiger partial charge in [-0.2, -0.15) is 0 Å². The quantitative estimate of drug-likeness (QED) is 0.868. The van der Waals surface area contributed by atoms with Crippen LogP contribution in [0.3, 0.4) is 0 Å². The van der Waals surface area contributed by atoms with Crippen molar-refractivity contribution in [2.75, 3.05) is 13.2 Å². The molecule has 0 saturated carbocycles. The molecule has 0 fully saturated rings. The van der Waals surface area contributed by atoms with Crippen LogP contribution in [0.2, 0.25) is 0 Å². The minimum absolute atomic E-state index is 0.00431. The predicted molar refractivity (Wildman–Crippen MR) is 69.2 cm³/mol. The van der Waals surface area contributed by atoms with Gasteiger partial charge in [0.25, 0.3) is 5.91 Å². The molecule has 1 aromatic rings. The number of carbonyl (C=O) groups is 1. The number of nitrogens with zero attached hydrogens (tertiary/aromatic N) is 1. The zero-order valence-corrected chi connectivity index (χ0v) is 11.0. The molecule has 3 nitrogen and oxygen atoms in total. The summed E-state index contributed by atoms with van der Waals surface area (Å²) in [4.78, 5) is 14.1. The molecule has 0 atom stereocenters. The molecule has 0 radical (unpaired) electrons. The van der Waals surface area contributed by atoms with Gasteiger partial charge in [-0.15, -0.1) is 0 Å². The molecule has 0 spiro atoms. The fraction of sp³-hybridized carbons (Fsp3) is 0.500. The fourth-order valence-electron chi connectivity index (χ4n) is 2.00. The van der Waals surface area contributed by atoms with Gasteiger partial charge in [0.05, 0.1) is 6.61 Å². The summed E-state index contributed by atoms with van der Waals surface area (Å²) in [5, 5.41) is 9.03. The van der Waals surface area contributed by atoms with Gasteiger partial charge in [0.2, 0.25) is 0 Å². The SMILES string of the molecule is Cc1cccc(C)c1C(=O)N(CCO)C(C)C. The van der Waals surface area contributed by atoms with Crippen molar-refractivity contribution in [1.29, 1.82) is 0 Å². The first kappa shape index (κ1) is 13.7. The van der Waals surface area contributed by atoms with Crippen LogP contribution in [0.25, 0.3) is 0 Å². The first-order valence-electron chi connectivity index (χ1n) is 5.97. The lowest BCUT2D eigenvalue weighted by atomic mass is 10.0. The Balaban J connectivity index is 3.09. The van der Waals surface area contributed by atoms with E-state index in [1.165, 1.54) is 0 Å². The molecule has 0 aromatic heterocycles. The van der Waals surface area contributed by atoms with E-state index in [0.717, 1.165) is 16.7 Å². The van der Waals surface area contributed by atoms with Crippen LogP contribution < -0.4 is 0 Å². The summed E-state index contributed by atoms with van der Waals surface area (Å²) in [6, 6.07) is 5.93. The van der Waals surface area contributed by atoms with E-state index in [4.69, 9.17) is 5.11 Å². The van der Waals surface area contributed by atoms with Crippen molar-refractivity contribution in [3.05, 3.63) is 34.9 Å². The van der Waals surface area contributed by atoms with Crippen molar-refractivity contribution in [3.8, 4) is 0 Å². The fourth-order valence-corrected chi connectivity index (χ4v) is 2.00. The smallest absolute Gasteiger partial charge is 0.254 e. The number of rotatable bonds is 4. The molecular weight excluding hydrogens is 214 g/mol. The predicted octanol–water partition coefficient (Wildman–Crippen LogP) is 2.15. The number of carbonyl (C=O) groups excluding carboxylic acids is 1. The molecule has 0 saturated heterocycles. The maximum atomic E-state index is 12.4. The highest BCUT2D eigenvalue weighted by Crippen LogP contribution is 2.17. The van der Waals surface area contributed by atoms with Gasteiger partial charge in [-0.1, -0.05) is 18.2 Å². The van der Waals surface area contributed by atoms with Crippen molar-refractivity contribution < 1.29 is 9.90 Å². The van der Waals surface area contributed by atoms with E-state index in [1.807, 2.05) is 45.9 Å². The molecule has 3 heteroatoms. The van der Waals surface area contributed by atoms with Crippen LogP contribution in [0.5, 0.6) is 0 Å². The van der Waals surface area contributed by atoms with Crippen molar-refractivity contribution in [1.82, 2.24) is 4.90 Å². The largest absolute Gasteiger partial charge is 0.395 e. The van der Waals surface area contributed by atoms with E-state index in [2.05, 4.69) is 0 Å². The van der Waals surface area contributed by atoms with Crippen LogP contribution in [-0.2, 0) is 0 Å². The number of hydrogen-bond acceptors (Lipinski definition) is 2. The minimum Gasteiger partial charge on any atom is -0.395 e. The van der Waals surface area contributed by atoms with Gasteiger partial charge in [0.1, 0.15) is 0 Å². The Morgan fingerprint density at radius 1 is 1.29 bits per heavy atom. The number of aliphatic hydroxyl groups is 1. The molecular formula is C14H21NO2. The van der Waals surface area contributed by atoms with E-state index in [1.54, 1.807) is 4.90 Å². The number of aliphatic hydroxyl groups excluding tert-OH is 1. The Labute approximate surface area is 103 Å². The van der Waals surface area contributed by atoms with Crippen molar-refractivity contribution in [3.63, 3.8) is 0 Å². The van der Waals surface area contributed by atoms with Gasteiger partial charge in [0, 0.05) is 18.2 Å². The number of benzene rings is 1. The van der Waals surface area contributed by atoms with Gasteiger partial charge < -0.3 is 10.0 Å². The summed E-state index contributed by atoms with van der Waals surface area (Å²) >= 11 is 0. The summed E-state index contributed by atoms with van der Waals surface area (Å²) in [5.74, 6) is 0.00431. The average molecular weight is 235 g/mol. The Morgan fingerprint density at radius 2 is 1.82 bits per heavy atom. The molecule has 1 aromatic carbocycles. The maximum Gasteiger partial charge on any atom is 0.254 e. The maximum absolute atomic E-state index is 12.4. The van der Waals surface area contributed by atoms with E-state index in [0.29, 0.717) is 6.54 Å². The molecule has 17 heavy (non-hydrogen) atoms. The third kappa shape index (κ3) is 3.07. The highest BCUT2D eigenvalue weighted by molar-refractivity contribution is 5.97. The van der Waals surface area contributed by atoms with Gasteiger partial charge in [-0.05, 0) is 38.8 Å². The van der Waals surface area contributed by atoms with Gasteiger partial charge >= 0.3 is 0 Å². The zero-order valence-electron chi connectivity index (χ0n) is 11.0. The lowest BCUT2D eigenvalue weighted by molar-refractivity contribution is 0.0664. The van der Waals surface area contributed by atoms with Crippen LogP contribution in [0.4, 0.5) is 0 Å². The molecule has 94 valence electrons. The van der Waals surface area contributed by atoms with Crippen LogP contribution in [0.15, 0.2) is 18.2 Å². The van der Waals surface area contributed by atoms with Crippen molar-refractivity contribution in [2.45, 2.75) is 33.7 Å². The molecule has 0 aliphatic carbocycles. The van der Waals surface area contributed by atoms with E-state index in [-0.39, 0.29) is 18.6 Å². The Bertz CT molecular complexity index is 379. The van der Waals surface area contributed by atoms with Crippen molar-refractivity contribution in [2.24, 2.45) is 0 Å². The Morgan fingerprint density at radius 3 is 2.24 bits per heavy atom. The molecule has 0 bridgehead atoms. The summed E-state index contributed by atoms with van der Waals surface area (Å²) in [7, 11) is 0. The number of amides is 1. The number of hydrogen-bond donors (Lipinski definition) is 1. The number of aryl methyl sites for hydroxylation is 2. The summed E-state index contributed by atoms with van der Waals surface area (Å²) in [6.45, 7) is 8.18. The Hall–Kier alpha value is -1.35. The van der Waals surface area contributed by atoms with E-state index < -0.39 is 0 Å². The summed E-state index contributed by atoms with van der Waals surface area (Å²) in [6.07, 6.45) is 0. The van der Waals surface area contributed by atoms with Crippen LogP contribution in [0.1, 0.15) is 35.3 Å². The monoisotopic (exact) mass is 235 g/mol. The molecule has 0 aliphatic rings. The molecule has 1 rings (SSSR count). The third-order valence-corrected chi connectivity index (χ3v) is 2.92. The first-order chi connectivity index (χ1) is 7.99. The first-order valence-corrected chi connectivity index (χ1v) is 5.97. The third-order valence-electron chi connectivity index (χ3n) is 2.92. The van der Waals surface area contributed by atoms with Crippen LogP contribution in [-0.4, -0.2) is 35.1 Å². The Kier molecular flexibility index (Phi) is 4.70. The highest BCUT2D eigenvalue weighted by atomic mass is 16.3.